The van der Waals surface area contributed by atoms with Gasteiger partial charge in [0.15, 0.2) is 0 Å². The molecule has 2 heterocycles. The van der Waals surface area contributed by atoms with Crippen molar-refractivity contribution in [1.29, 1.82) is 0 Å². The summed E-state index contributed by atoms with van der Waals surface area (Å²) in [6.07, 6.45) is 1.87. The summed E-state index contributed by atoms with van der Waals surface area (Å²) in [4.78, 5) is 14.2. The van der Waals surface area contributed by atoms with E-state index in [4.69, 9.17) is 9.47 Å². The summed E-state index contributed by atoms with van der Waals surface area (Å²) in [6, 6.07) is 0.972. The number of methoxy groups -OCH3 is 1. The SMILES string of the molecule is COCCN1C(=O)C[C@H]2[C@H](CNC3COC3)[C@@H](C)C[C@H]21. The van der Waals surface area contributed by atoms with Gasteiger partial charge in [-0.3, -0.25) is 4.79 Å². The fraction of sp³-hybridized carbons (Fsp3) is 0.933. The lowest BCUT2D eigenvalue weighted by atomic mass is 9.88. The quantitative estimate of drug-likeness (QED) is 0.770. The minimum atomic E-state index is 0.320. The molecule has 1 amide bonds. The number of hydrogen-bond acceptors (Lipinski definition) is 4. The summed E-state index contributed by atoms with van der Waals surface area (Å²) in [5.74, 6) is 2.16. The number of likely N-dealkylation sites (tertiary alicyclic amines) is 1. The fourth-order valence-corrected chi connectivity index (χ4v) is 4.08. The summed E-state index contributed by atoms with van der Waals surface area (Å²) in [5.41, 5.74) is 0. The van der Waals surface area contributed by atoms with E-state index in [1.54, 1.807) is 7.11 Å². The van der Waals surface area contributed by atoms with Crippen LogP contribution in [0.2, 0.25) is 0 Å². The lowest BCUT2D eigenvalue weighted by Gasteiger charge is -2.30. The van der Waals surface area contributed by atoms with Gasteiger partial charge in [0.1, 0.15) is 0 Å². The maximum Gasteiger partial charge on any atom is 0.223 e. The molecule has 1 N–H and O–H groups in total. The highest BCUT2D eigenvalue weighted by Gasteiger charge is 2.50. The second-order valence-electron chi connectivity index (χ2n) is 6.53. The molecule has 0 spiro atoms. The molecule has 20 heavy (non-hydrogen) atoms. The van der Waals surface area contributed by atoms with Gasteiger partial charge in [-0.15, -0.1) is 0 Å². The predicted octanol–water partition coefficient (Wildman–Crippen LogP) is 0.494. The van der Waals surface area contributed by atoms with E-state index in [1.807, 2.05) is 0 Å². The van der Waals surface area contributed by atoms with Crippen molar-refractivity contribution in [3.8, 4) is 0 Å². The molecular formula is C15H26N2O3. The summed E-state index contributed by atoms with van der Waals surface area (Å²) < 4.78 is 10.3. The van der Waals surface area contributed by atoms with Crippen molar-refractivity contribution < 1.29 is 14.3 Å². The van der Waals surface area contributed by atoms with Gasteiger partial charge in [0, 0.05) is 26.1 Å². The van der Waals surface area contributed by atoms with Crippen molar-refractivity contribution in [3.63, 3.8) is 0 Å². The average Bonchev–Trinajstić information content (AvgIpc) is 2.81. The molecule has 5 nitrogen and oxygen atoms in total. The zero-order chi connectivity index (χ0) is 14.1. The number of ether oxygens (including phenoxy) is 2. The van der Waals surface area contributed by atoms with Gasteiger partial charge in [-0.1, -0.05) is 6.92 Å². The van der Waals surface area contributed by atoms with E-state index in [2.05, 4.69) is 17.1 Å². The van der Waals surface area contributed by atoms with Crippen LogP contribution in [-0.2, 0) is 14.3 Å². The monoisotopic (exact) mass is 282 g/mol. The number of nitrogens with zero attached hydrogens (tertiary/aromatic N) is 1. The molecule has 0 aromatic rings. The van der Waals surface area contributed by atoms with E-state index >= 15 is 0 Å². The highest BCUT2D eigenvalue weighted by Crippen LogP contribution is 2.45. The van der Waals surface area contributed by atoms with E-state index in [0.717, 1.165) is 39.1 Å². The van der Waals surface area contributed by atoms with Gasteiger partial charge in [0.05, 0.1) is 25.9 Å². The minimum Gasteiger partial charge on any atom is -0.383 e. The molecule has 3 fully saturated rings. The van der Waals surface area contributed by atoms with Crippen LogP contribution in [0.1, 0.15) is 19.8 Å². The number of carbonyl (C=O) groups is 1. The lowest BCUT2D eigenvalue weighted by Crippen LogP contribution is -2.48. The van der Waals surface area contributed by atoms with Crippen molar-refractivity contribution in [2.75, 3.05) is 40.0 Å². The first-order valence-electron chi connectivity index (χ1n) is 7.80. The summed E-state index contributed by atoms with van der Waals surface area (Å²) >= 11 is 0. The first-order valence-corrected chi connectivity index (χ1v) is 7.80. The van der Waals surface area contributed by atoms with Crippen LogP contribution < -0.4 is 5.32 Å². The van der Waals surface area contributed by atoms with E-state index in [1.165, 1.54) is 0 Å². The molecule has 0 aromatic heterocycles. The van der Waals surface area contributed by atoms with E-state index < -0.39 is 0 Å². The Hall–Kier alpha value is -0.650. The van der Waals surface area contributed by atoms with E-state index in [-0.39, 0.29) is 0 Å². The standard InChI is InChI=1S/C15H26N2O3/c1-10-5-14-12(6-15(18)17(14)3-4-19-2)13(10)7-16-11-8-20-9-11/h10-14,16H,3-9H2,1-2H3/t10-,12-,13+,14+/m0/s1. The molecule has 0 bridgehead atoms. The summed E-state index contributed by atoms with van der Waals surface area (Å²) in [7, 11) is 1.70. The van der Waals surface area contributed by atoms with Crippen LogP contribution in [0.5, 0.6) is 0 Å². The summed E-state index contributed by atoms with van der Waals surface area (Å²) in [6.45, 7) is 6.44. The third-order valence-electron chi connectivity index (χ3n) is 5.34. The molecule has 3 rings (SSSR count). The fourth-order valence-electron chi connectivity index (χ4n) is 4.08. The molecular weight excluding hydrogens is 256 g/mol. The number of nitrogens with one attached hydrogen (secondary N) is 1. The number of fused-ring (bicyclic) bond motifs is 1. The topological polar surface area (TPSA) is 50.8 Å². The highest BCUT2D eigenvalue weighted by atomic mass is 16.5. The van der Waals surface area contributed by atoms with E-state index in [9.17, 15) is 4.79 Å². The van der Waals surface area contributed by atoms with Gasteiger partial charge in [-0.2, -0.15) is 0 Å². The molecule has 114 valence electrons. The molecule has 0 unspecified atom stereocenters. The van der Waals surface area contributed by atoms with Crippen LogP contribution >= 0.6 is 0 Å². The normalized spacial score (nSPS) is 37.3. The van der Waals surface area contributed by atoms with Crippen molar-refractivity contribution in [3.05, 3.63) is 0 Å². The van der Waals surface area contributed by atoms with Crippen LogP contribution in [0.3, 0.4) is 0 Å². The first kappa shape index (κ1) is 14.3. The van der Waals surface area contributed by atoms with Gasteiger partial charge in [-0.05, 0) is 30.7 Å². The van der Waals surface area contributed by atoms with Crippen LogP contribution in [-0.4, -0.2) is 62.9 Å². The van der Waals surface area contributed by atoms with Crippen molar-refractivity contribution in [2.45, 2.75) is 31.8 Å². The molecule has 5 heteroatoms. The Labute approximate surface area is 121 Å². The molecule has 4 atom stereocenters. The Balaban J connectivity index is 1.58. The van der Waals surface area contributed by atoms with Crippen LogP contribution in [0.25, 0.3) is 0 Å². The second-order valence-corrected chi connectivity index (χ2v) is 6.53. The van der Waals surface area contributed by atoms with Gasteiger partial charge >= 0.3 is 0 Å². The summed E-state index contributed by atoms with van der Waals surface area (Å²) in [5, 5.41) is 3.60. The van der Waals surface area contributed by atoms with E-state index in [0.29, 0.717) is 42.4 Å². The predicted molar refractivity (Wildman–Crippen MR) is 75.4 cm³/mol. The van der Waals surface area contributed by atoms with Gasteiger partial charge in [-0.25, -0.2) is 0 Å². The molecule has 0 aromatic carbocycles. The number of hydrogen-bond donors (Lipinski definition) is 1. The third kappa shape index (κ3) is 2.59. The van der Waals surface area contributed by atoms with Crippen molar-refractivity contribution in [1.82, 2.24) is 10.2 Å². The Kier molecular flexibility index (Phi) is 4.29. The zero-order valence-corrected chi connectivity index (χ0v) is 12.5. The Morgan fingerprint density at radius 3 is 2.90 bits per heavy atom. The van der Waals surface area contributed by atoms with Gasteiger partial charge in [0.25, 0.3) is 0 Å². The maximum atomic E-state index is 12.2. The van der Waals surface area contributed by atoms with Gasteiger partial charge in [0.2, 0.25) is 5.91 Å². The number of amides is 1. The van der Waals surface area contributed by atoms with Crippen LogP contribution in [0.4, 0.5) is 0 Å². The van der Waals surface area contributed by atoms with Crippen LogP contribution in [0, 0.1) is 17.8 Å². The number of rotatable bonds is 6. The van der Waals surface area contributed by atoms with Crippen LogP contribution in [0.15, 0.2) is 0 Å². The molecule has 2 aliphatic heterocycles. The van der Waals surface area contributed by atoms with Crippen molar-refractivity contribution >= 4 is 5.91 Å². The molecule has 2 saturated heterocycles. The zero-order valence-electron chi connectivity index (χ0n) is 12.5. The Morgan fingerprint density at radius 1 is 1.45 bits per heavy atom. The maximum absolute atomic E-state index is 12.2. The molecule has 3 aliphatic rings. The molecule has 1 aliphatic carbocycles. The Morgan fingerprint density at radius 2 is 2.25 bits per heavy atom. The Bertz CT molecular complexity index is 359. The largest absolute Gasteiger partial charge is 0.383 e. The second kappa shape index (κ2) is 6.00. The molecule has 1 saturated carbocycles. The minimum absolute atomic E-state index is 0.320. The average molecular weight is 282 g/mol. The first-order chi connectivity index (χ1) is 9.70. The van der Waals surface area contributed by atoms with Crippen molar-refractivity contribution in [2.24, 2.45) is 17.8 Å². The smallest absolute Gasteiger partial charge is 0.223 e. The lowest BCUT2D eigenvalue weighted by molar-refractivity contribution is -0.129. The van der Waals surface area contributed by atoms with Gasteiger partial charge < -0.3 is 19.7 Å². The number of carbonyl (C=O) groups excluding carboxylic acids is 1. The third-order valence-corrected chi connectivity index (χ3v) is 5.34. The highest BCUT2D eigenvalue weighted by molar-refractivity contribution is 5.79. The molecule has 0 radical (unpaired) electrons.